The number of nitrogens with zero attached hydrogens (tertiary/aromatic N) is 3. The first kappa shape index (κ1) is 17.8. The molecule has 0 spiro atoms. The summed E-state index contributed by atoms with van der Waals surface area (Å²) in [6.07, 6.45) is 3.54. The van der Waals surface area contributed by atoms with Gasteiger partial charge in [0.25, 0.3) is 5.91 Å². The number of rotatable bonds is 5. The van der Waals surface area contributed by atoms with Crippen LogP contribution in [0.1, 0.15) is 47.0 Å². The van der Waals surface area contributed by atoms with E-state index < -0.39 is 11.9 Å². The monoisotopic (exact) mass is 354 g/mol. The number of para-hydroxylation sites is 1. The molecule has 7 heteroatoms. The Balaban J connectivity index is 1.71. The van der Waals surface area contributed by atoms with Crippen molar-refractivity contribution in [2.75, 3.05) is 29.9 Å². The maximum Gasteiger partial charge on any atom is 0.340 e. The molecule has 7 nitrogen and oxygen atoms in total. The van der Waals surface area contributed by atoms with Gasteiger partial charge in [0.05, 0.1) is 17.9 Å². The van der Waals surface area contributed by atoms with E-state index >= 15 is 0 Å². The quantitative estimate of drug-likeness (QED) is 0.831. The molecule has 0 saturated carbocycles. The van der Waals surface area contributed by atoms with Gasteiger partial charge in [-0.1, -0.05) is 12.1 Å². The van der Waals surface area contributed by atoms with Crippen LogP contribution >= 0.6 is 0 Å². The van der Waals surface area contributed by atoms with Crippen molar-refractivity contribution >= 4 is 23.4 Å². The van der Waals surface area contributed by atoms with Crippen LogP contribution in [0.2, 0.25) is 0 Å². The topological polar surface area (TPSA) is 84.4 Å². The predicted octanol–water partition coefficient (Wildman–Crippen LogP) is 2.90. The lowest BCUT2D eigenvalue weighted by Crippen LogP contribution is -2.30. The first-order valence-corrected chi connectivity index (χ1v) is 8.85. The number of anilines is 2. The van der Waals surface area contributed by atoms with Crippen LogP contribution in [-0.2, 0) is 4.74 Å². The standard InChI is InChI=1S/C19H22N4O3/c1-2-26-19(25)14-8-4-5-9-15(14)20-18(24)16-10-11-17(22-21-16)23-12-6-3-7-13-23/h4-5,8-11H,2-3,6-7,12-13H2,1H3,(H,20,24). The van der Waals surface area contributed by atoms with E-state index in [9.17, 15) is 9.59 Å². The van der Waals surface area contributed by atoms with Gasteiger partial charge >= 0.3 is 5.97 Å². The Kier molecular flexibility index (Phi) is 5.78. The molecule has 26 heavy (non-hydrogen) atoms. The third-order valence-electron chi connectivity index (χ3n) is 4.23. The molecule has 0 atom stereocenters. The predicted molar refractivity (Wildman–Crippen MR) is 98.4 cm³/mol. The number of carbonyl (C=O) groups excluding carboxylic acids is 2. The number of piperidine rings is 1. The van der Waals surface area contributed by atoms with E-state index in [0.717, 1.165) is 31.7 Å². The average molecular weight is 354 g/mol. The number of ether oxygens (including phenoxy) is 1. The molecule has 1 N–H and O–H groups in total. The van der Waals surface area contributed by atoms with Crippen LogP contribution in [0.4, 0.5) is 11.5 Å². The van der Waals surface area contributed by atoms with Gasteiger partial charge in [0.2, 0.25) is 0 Å². The first-order valence-electron chi connectivity index (χ1n) is 8.85. The van der Waals surface area contributed by atoms with Gasteiger partial charge in [-0.15, -0.1) is 10.2 Å². The first-order chi connectivity index (χ1) is 12.7. The molecule has 0 radical (unpaired) electrons. The summed E-state index contributed by atoms with van der Waals surface area (Å²) in [5, 5.41) is 10.9. The molecule has 0 unspecified atom stereocenters. The summed E-state index contributed by atoms with van der Waals surface area (Å²) in [7, 11) is 0. The Hall–Kier alpha value is -2.96. The molecule has 1 aromatic carbocycles. The fraction of sp³-hybridized carbons (Fsp3) is 0.368. The van der Waals surface area contributed by atoms with Crippen molar-refractivity contribution in [2.45, 2.75) is 26.2 Å². The van der Waals surface area contributed by atoms with Crippen LogP contribution < -0.4 is 10.2 Å². The number of hydrogen-bond donors (Lipinski definition) is 1. The Bertz CT molecular complexity index is 771. The van der Waals surface area contributed by atoms with Crippen molar-refractivity contribution in [1.82, 2.24) is 10.2 Å². The minimum Gasteiger partial charge on any atom is -0.462 e. The van der Waals surface area contributed by atoms with Crippen molar-refractivity contribution in [3.63, 3.8) is 0 Å². The lowest BCUT2D eigenvalue weighted by atomic mass is 10.1. The summed E-state index contributed by atoms with van der Waals surface area (Å²) in [6, 6.07) is 10.2. The Morgan fingerprint density at radius 1 is 1.08 bits per heavy atom. The van der Waals surface area contributed by atoms with Crippen LogP contribution in [0.25, 0.3) is 0 Å². The molecule has 0 bridgehead atoms. The van der Waals surface area contributed by atoms with E-state index in [1.54, 1.807) is 37.3 Å². The molecule has 1 aliphatic rings. The minimum atomic E-state index is -0.477. The molecule has 2 heterocycles. The molecule has 1 saturated heterocycles. The zero-order chi connectivity index (χ0) is 18.4. The number of amides is 1. The highest BCUT2D eigenvalue weighted by atomic mass is 16.5. The summed E-state index contributed by atoms with van der Waals surface area (Å²) in [5.41, 5.74) is 0.892. The van der Waals surface area contributed by atoms with E-state index in [1.165, 1.54) is 6.42 Å². The van der Waals surface area contributed by atoms with Gasteiger partial charge in [0.1, 0.15) is 0 Å². The van der Waals surface area contributed by atoms with E-state index in [1.807, 2.05) is 6.07 Å². The highest BCUT2D eigenvalue weighted by Crippen LogP contribution is 2.19. The van der Waals surface area contributed by atoms with Crippen molar-refractivity contribution in [1.29, 1.82) is 0 Å². The lowest BCUT2D eigenvalue weighted by Gasteiger charge is -2.27. The Labute approximate surface area is 152 Å². The number of nitrogens with one attached hydrogen (secondary N) is 1. The fourth-order valence-corrected chi connectivity index (χ4v) is 2.90. The van der Waals surface area contributed by atoms with Gasteiger partial charge in [-0.2, -0.15) is 0 Å². The molecule has 1 amide bonds. The molecular weight excluding hydrogens is 332 g/mol. The molecule has 2 aromatic rings. The molecule has 1 fully saturated rings. The smallest absolute Gasteiger partial charge is 0.340 e. The van der Waals surface area contributed by atoms with Crippen molar-refractivity contribution in [2.24, 2.45) is 0 Å². The molecule has 0 aliphatic carbocycles. The third-order valence-corrected chi connectivity index (χ3v) is 4.23. The summed E-state index contributed by atoms with van der Waals surface area (Å²) in [6.45, 7) is 3.93. The second kappa shape index (κ2) is 8.42. The van der Waals surface area contributed by atoms with Gasteiger partial charge in [0, 0.05) is 13.1 Å². The molecular formula is C19H22N4O3. The van der Waals surface area contributed by atoms with Crippen LogP contribution in [0.5, 0.6) is 0 Å². The molecule has 1 aliphatic heterocycles. The van der Waals surface area contributed by atoms with Crippen molar-refractivity contribution < 1.29 is 14.3 Å². The molecule has 136 valence electrons. The SMILES string of the molecule is CCOC(=O)c1ccccc1NC(=O)c1ccc(N2CCCCC2)nn1. The van der Waals surface area contributed by atoms with Gasteiger partial charge < -0.3 is 15.0 Å². The maximum atomic E-state index is 12.5. The van der Waals surface area contributed by atoms with E-state index in [-0.39, 0.29) is 12.3 Å². The van der Waals surface area contributed by atoms with Crippen molar-refractivity contribution in [3.8, 4) is 0 Å². The highest BCUT2D eigenvalue weighted by molar-refractivity contribution is 6.07. The van der Waals surface area contributed by atoms with Crippen LogP contribution in [0.15, 0.2) is 36.4 Å². The summed E-state index contributed by atoms with van der Waals surface area (Å²) in [5.74, 6) is -0.109. The number of esters is 1. The zero-order valence-electron chi connectivity index (χ0n) is 14.8. The number of aromatic nitrogens is 2. The second-order valence-corrected chi connectivity index (χ2v) is 6.04. The van der Waals surface area contributed by atoms with Crippen molar-refractivity contribution in [3.05, 3.63) is 47.7 Å². The van der Waals surface area contributed by atoms with E-state index in [0.29, 0.717) is 11.3 Å². The number of benzene rings is 1. The van der Waals surface area contributed by atoms with Gasteiger partial charge in [0.15, 0.2) is 11.5 Å². The lowest BCUT2D eigenvalue weighted by molar-refractivity contribution is 0.0527. The van der Waals surface area contributed by atoms with Crippen LogP contribution in [0.3, 0.4) is 0 Å². The van der Waals surface area contributed by atoms with Gasteiger partial charge in [-0.3, -0.25) is 4.79 Å². The van der Waals surface area contributed by atoms with Gasteiger partial charge in [-0.25, -0.2) is 4.79 Å². The summed E-state index contributed by atoms with van der Waals surface area (Å²) in [4.78, 5) is 26.6. The zero-order valence-corrected chi connectivity index (χ0v) is 14.8. The van der Waals surface area contributed by atoms with E-state index in [2.05, 4.69) is 20.4 Å². The average Bonchev–Trinajstić information content (AvgIpc) is 2.69. The number of carbonyl (C=O) groups is 2. The molecule has 3 rings (SSSR count). The Morgan fingerprint density at radius 3 is 2.54 bits per heavy atom. The van der Waals surface area contributed by atoms with Gasteiger partial charge in [-0.05, 0) is 50.5 Å². The van der Waals surface area contributed by atoms with Crippen LogP contribution in [-0.4, -0.2) is 41.8 Å². The largest absolute Gasteiger partial charge is 0.462 e. The normalized spacial score (nSPS) is 14.0. The molecule has 1 aromatic heterocycles. The van der Waals surface area contributed by atoms with Crippen LogP contribution in [0, 0.1) is 0 Å². The number of hydrogen-bond acceptors (Lipinski definition) is 6. The maximum absolute atomic E-state index is 12.5. The Morgan fingerprint density at radius 2 is 1.85 bits per heavy atom. The fourth-order valence-electron chi connectivity index (χ4n) is 2.90. The summed E-state index contributed by atoms with van der Waals surface area (Å²) < 4.78 is 5.02. The van der Waals surface area contributed by atoms with E-state index in [4.69, 9.17) is 4.74 Å². The summed E-state index contributed by atoms with van der Waals surface area (Å²) >= 11 is 0. The minimum absolute atomic E-state index is 0.199. The third kappa shape index (κ3) is 4.17. The second-order valence-electron chi connectivity index (χ2n) is 6.04. The highest BCUT2D eigenvalue weighted by Gasteiger charge is 2.17.